The third-order valence-corrected chi connectivity index (χ3v) is 3.86. The monoisotopic (exact) mass is 342 g/mol. The molecule has 1 aromatic heterocycles. The van der Waals surface area contributed by atoms with Crippen molar-refractivity contribution in [1.82, 2.24) is 15.1 Å². The van der Waals surface area contributed by atoms with E-state index in [1.807, 2.05) is 0 Å². The van der Waals surface area contributed by atoms with Crippen molar-refractivity contribution in [2.75, 3.05) is 11.9 Å². The van der Waals surface area contributed by atoms with E-state index in [0.29, 0.717) is 22.7 Å². The number of carbonyl (C=O) groups excluding carboxylic acids is 1. The van der Waals surface area contributed by atoms with Crippen molar-refractivity contribution in [3.05, 3.63) is 21.0 Å². The fourth-order valence-electron chi connectivity index (χ4n) is 1.74. The molecule has 7 heteroatoms. The molecule has 0 bridgehead atoms. The van der Waals surface area contributed by atoms with E-state index in [4.69, 9.17) is 0 Å². The molecule has 1 aliphatic rings. The molecule has 1 fully saturated rings. The van der Waals surface area contributed by atoms with Gasteiger partial charge in [-0.2, -0.15) is 5.10 Å². The minimum atomic E-state index is -0.175. The topological polar surface area (TPSA) is 76.0 Å². The number of rotatable bonds is 7. The molecule has 1 aliphatic carbocycles. The summed E-state index contributed by atoms with van der Waals surface area (Å²) in [5.41, 5.74) is 0.375. The lowest BCUT2D eigenvalue weighted by Crippen LogP contribution is -2.32. The normalized spacial score (nSPS) is 14.1. The minimum absolute atomic E-state index is 0.0606. The first kappa shape index (κ1) is 15.0. The zero-order valence-electron chi connectivity index (χ0n) is 11.5. The molecule has 1 amide bonds. The SMILES string of the molecule is CCCCn1ncc(NCC(=O)NC2CC2)c(Br)c1=O. The second kappa shape index (κ2) is 6.88. The summed E-state index contributed by atoms with van der Waals surface area (Å²) < 4.78 is 1.85. The van der Waals surface area contributed by atoms with Crippen LogP contribution in [0.2, 0.25) is 0 Å². The first-order chi connectivity index (χ1) is 9.61. The Morgan fingerprint density at radius 1 is 1.55 bits per heavy atom. The fourth-order valence-corrected chi connectivity index (χ4v) is 2.18. The quantitative estimate of drug-likeness (QED) is 0.787. The van der Waals surface area contributed by atoms with Gasteiger partial charge in [-0.15, -0.1) is 0 Å². The molecule has 2 rings (SSSR count). The van der Waals surface area contributed by atoms with Gasteiger partial charge >= 0.3 is 0 Å². The van der Waals surface area contributed by atoms with Crippen molar-refractivity contribution in [1.29, 1.82) is 0 Å². The number of carbonyl (C=O) groups is 1. The van der Waals surface area contributed by atoms with Crippen LogP contribution in [0.1, 0.15) is 32.6 Å². The van der Waals surface area contributed by atoms with Crippen LogP contribution in [0.25, 0.3) is 0 Å². The maximum absolute atomic E-state index is 12.0. The number of nitrogens with one attached hydrogen (secondary N) is 2. The predicted octanol–water partition coefficient (Wildman–Crippen LogP) is 1.50. The van der Waals surface area contributed by atoms with Gasteiger partial charge in [-0.1, -0.05) is 13.3 Å². The van der Waals surface area contributed by atoms with Gasteiger partial charge in [-0.3, -0.25) is 9.59 Å². The molecule has 1 heterocycles. The zero-order valence-corrected chi connectivity index (χ0v) is 13.1. The Labute approximate surface area is 126 Å². The number of anilines is 1. The van der Waals surface area contributed by atoms with Gasteiger partial charge in [-0.05, 0) is 35.2 Å². The summed E-state index contributed by atoms with van der Waals surface area (Å²) >= 11 is 3.27. The third kappa shape index (κ3) is 4.06. The summed E-state index contributed by atoms with van der Waals surface area (Å²) in [5.74, 6) is -0.0606. The van der Waals surface area contributed by atoms with Gasteiger partial charge in [0.1, 0.15) is 4.47 Å². The van der Waals surface area contributed by atoms with Crippen molar-refractivity contribution >= 4 is 27.5 Å². The zero-order chi connectivity index (χ0) is 14.5. The smallest absolute Gasteiger partial charge is 0.283 e. The molecule has 0 saturated heterocycles. The van der Waals surface area contributed by atoms with Crippen molar-refractivity contribution in [2.45, 2.75) is 45.2 Å². The Hall–Kier alpha value is -1.37. The van der Waals surface area contributed by atoms with Crippen LogP contribution < -0.4 is 16.2 Å². The van der Waals surface area contributed by atoms with E-state index in [1.165, 1.54) is 4.68 Å². The Bertz CT molecular complexity index is 540. The highest BCUT2D eigenvalue weighted by Gasteiger charge is 2.23. The Morgan fingerprint density at radius 3 is 2.95 bits per heavy atom. The molecule has 0 aliphatic heterocycles. The molecule has 20 heavy (non-hydrogen) atoms. The summed E-state index contributed by atoms with van der Waals surface area (Å²) in [6.07, 6.45) is 5.61. The standard InChI is InChI=1S/C13H19BrN4O2/c1-2-3-6-18-13(20)12(14)10(7-16-18)15-8-11(19)17-9-4-5-9/h7,9,15H,2-6,8H2,1H3,(H,17,19). The highest BCUT2D eigenvalue weighted by atomic mass is 79.9. The van der Waals surface area contributed by atoms with Crippen molar-refractivity contribution in [3.63, 3.8) is 0 Å². The molecule has 0 atom stereocenters. The highest BCUT2D eigenvalue weighted by molar-refractivity contribution is 9.10. The van der Waals surface area contributed by atoms with Gasteiger partial charge in [-0.25, -0.2) is 4.68 Å². The molecule has 1 saturated carbocycles. The van der Waals surface area contributed by atoms with Crippen LogP contribution in [-0.2, 0) is 11.3 Å². The van der Waals surface area contributed by atoms with Gasteiger partial charge in [0, 0.05) is 12.6 Å². The fraction of sp³-hybridized carbons (Fsp3) is 0.615. The van der Waals surface area contributed by atoms with Crippen LogP contribution in [0, 0.1) is 0 Å². The van der Waals surface area contributed by atoms with Gasteiger partial charge in [0.05, 0.1) is 18.4 Å². The van der Waals surface area contributed by atoms with Crippen LogP contribution in [0.4, 0.5) is 5.69 Å². The van der Waals surface area contributed by atoms with Crippen molar-refractivity contribution in [3.8, 4) is 0 Å². The average molecular weight is 343 g/mol. The summed E-state index contributed by atoms with van der Waals surface area (Å²) in [4.78, 5) is 23.6. The van der Waals surface area contributed by atoms with Gasteiger partial charge in [0.25, 0.3) is 5.56 Å². The number of unbranched alkanes of at least 4 members (excludes halogenated alkanes) is 1. The van der Waals surface area contributed by atoms with E-state index in [2.05, 4.69) is 38.6 Å². The molecular weight excluding hydrogens is 324 g/mol. The molecule has 0 unspecified atom stereocenters. The molecule has 0 spiro atoms. The summed E-state index contributed by atoms with van der Waals surface area (Å²) in [6, 6.07) is 0.341. The number of aryl methyl sites for hydroxylation is 1. The van der Waals surface area contributed by atoms with Gasteiger partial charge in [0.2, 0.25) is 5.91 Å². The van der Waals surface area contributed by atoms with Crippen LogP contribution >= 0.6 is 15.9 Å². The van der Waals surface area contributed by atoms with Crippen molar-refractivity contribution in [2.24, 2.45) is 0 Å². The number of aromatic nitrogens is 2. The number of halogens is 1. The van der Waals surface area contributed by atoms with E-state index in [1.54, 1.807) is 6.20 Å². The molecule has 0 aromatic carbocycles. The van der Waals surface area contributed by atoms with E-state index >= 15 is 0 Å². The van der Waals surface area contributed by atoms with Crippen LogP contribution in [0.3, 0.4) is 0 Å². The van der Waals surface area contributed by atoms with E-state index in [9.17, 15) is 9.59 Å². The maximum Gasteiger partial charge on any atom is 0.283 e. The summed E-state index contributed by atoms with van der Waals surface area (Å²) in [6.45, 7) is 2.82. The molecule has 1 aromatic rings. The summed E-state index contributed by atoms with van der Waals surface area (Å²) in [7, 11) is 0. The third-order valence-electron chi connectivity index (χ3n) is 3.09. The predicted molar refractivity (Wildman–Crippen MR) is 80.8 cm³/mol. The second-order valence-electron chi connectivity index (χ2n) is 4.95. The lowest BCUT2D eigenvalue weighted by Gasteiger charge is -2.10. The van der Waals surface area contributed by atoms with E-state index < -0.39 is 0 Å². The molecule has 110 valence electrons. The molecule has 2 N–H and O–H groups in total. The maximum atomic E-state index is 12.0. The van der Waals surface area contributed by atoms with Crippen molar-refractivity contribution < 1.29 is 4.79 Å². The Balaban J connectivity index is 1.95. The largest absolute Gasteiger partial charge is 0.374 e. The first-order valence-electron chi connectivity index (χ1n) is 6.90. The molecular formula is C13H19BrN4O2. The number of hydrogen-bond donors (Lipinski definition) is 2. The Kier molecular flexibility index (Phi) is 5.17. The lowest BCUT2D eigenvalue weighted by atomic mass is 10.3. The number of amides is 1. The molecule has 6 nitrogen and oxygen atoms in total. The van der Waals surface area contributed by atoms with E-state index in [0.717, 1.165) is 25.7 Å². The molecule has 0 radical (unpaired) electrons. The highest BCUT2D eigenvalue weighted by Crippen LogP contribution is 2.19. The van der Waals surface area contributed by atoms with Gasteiger partial charge < -0.3 is 10.6 Å². The van der Waals surface area contributed by atoms with Crippen LogP contribution in [0.15, 0.2) is 15.5 Å². The first-order valence-corrected chi connectivity index (χ1v) is 7.70. The number of nitrogens with zero attached hydrogens (tertiary/aromatic N) is 2. The van der Waals surface area contributed by atoms with Gasteiger partial charge in [0.15, 0.2) is 0 Å². The second-order valence-corrected chi connectivity index (χ2v) is 5.74. The summed E-state index contributed by atoms with van der Waals surface area (Å²) in [5, 5.41) is 9.92. The Morgan fingerprint density at radius 2 is 2.30 bits per heavy atom. The minimum Gasteiger partial charge on any atom is -0.374 e. The lowest BCUT2D eigenvalue weighted by molar-refractivity contribution is -0.119. The van der Waals surface area contributed by atoms with Crippen LogP contribution in [0.5, 0.6) is 0 Å². The van der Waals surface area contributed by atoms with Crippen LogP contribution in [-0.4, -0.2) is 28.3 Å². The van der Waals surface area contributed by atoms with E-state index in [-0.39, 0.29) is 18.0 Å². The average Bonchev–Trinajstić information content (AvgIpc) is 3.23. The number of hydrogen-bond acceptors (Lipinski definition) is 4.